The van der Waals surface area contributed by atoms with Crippen molar-refractivity contribution in [2.75, 3.05) is 18.5 Å². The third-order valence-electron chi connectivity index (χ3n) is 6.52. The molecule has 4 aromatic carbocycles. The molecule has 7 nitrogen and oxygen atoms in total. The molecule has 0 fully saturated rings. The van der Waals surface area contributed by atoms with Gasteiger partial charge in [0, 0.05) is 5.02 Å². The monoisotopic (exact) mass is 578 g/mol. The van der Waals surface area contributed by atoms with Crippen molar-refractivity contribution in [2.45, 2.75) is 31.3 Å². The van der Waals surface area contributed by atoms with Crippen molar-refractivity contribution in [3.8, 4) is 11.5 Å². The number of benzene rings is 4. The van der Waals surface area contributed by atoms with Gasteiger partial charge in [-0.25, -0.2) is 8.42 Å². The van der Waals surface area contributed by atoms with Gasteiger partial charge < -0.3 is 14.8 Å². The zero-order chi connectivity index (χ0) is 28.9. The molecule has 40 heavy (non-hydrogen) atoms. The van der Waals surface area contributed by atoms with Gasteiger partial charge in [0.05, 0.1) is 43.0 Å². The van der Waals surface area contributed by atoms with Crippen LogP contribution in [0.4, 0.5) is 5.69 Å². The number of aryl methyl sites for hydroxylation is 1. The van der Waals surface area contributed by atoms with Crippen molar-refractivity contribution < 1.29 is 22.7 Å². The Morgan fingerprint density at radius 2 is 1.55 bits per heavy atom. The van der Waals surface area contributed by atoms with Crippen LogP contribution in [0.25, 0.3) is 0 Å². The maximum atomic E-state index is 14.0. The number of sulfonamides is 1. The van der Waals surface area contributed by atoms with E-state index < -0.39 is 22.0 Å². The van der Waals surface area contributed by atoms with E-state index in [1.807, 2.05) is 19.9 Å². The Labute approximate surface area is 240 Å². The van der Waals surface area contributed by atoms with Crippen LogP contribution in [0.1, 0.15) is 40.0 Å². The Morgan fingerprint density at radius 3 is 2.20 bits per heavy atom. The molecule has 0 saturated heterocycles. The largest absolute Gasteiger partial charge is 0.493 e. The van der Waals surface area contributed by atoms with Crippen LogP contribution in [-0.2, 0) is 16.6 Å². The molecule has 0 radical (unpaired) electrons. The number of amides is 1. The lowest BCUT2D eigenvalue weighted by molar-refractivity contribution is 0.0940. The minimum absolute atomic E-state index is 0.00288. The second-order valence-electron chi connectivity index (χ2n) is 9.28. The minimum Gasteiger partial charge on any atom is -0.493 e. The van der Waals surface area contributed by atoms with E-state index in [4.69, 9.17) is 21.1 Å². The number of methoxy groups -OCH3 is 2. The number of hydrogen-bond acceptors (Lipinski definition) is 5. The van der Waals surface area contributed by atoms with Gasteiger partial charge in [0.2, 0.25) is 0 Å². The SMILES string of the molecule is COc1ccc([C@@H](C)NC(=O)c2ccccc2N(Cc2ccc(Cl)cc2)S(=O)(=O)c2ccc(C)cc2)cc1OC. The third kappa shape index (κ3) is 6.41. The van der Waals surface area contributed by atoms with Crippen molar-refractivity contribution in [2.24, 2.45) is 0 Å². The van der Waals surface area contributed by atoms with Crippen LogP contribution in [0.15, 0.2) is 95.9 Å². The van der Waals surface area contributed by atoms with E-state index in [1.165, 1.54) is 4.31 Å². The van der Waals surface area contributed by atoms with Gasteiger partial charge in [-0.1, -0.05) is 59.6 Å². The molecule has 0 aliphatic heterocycles. The molecule has 0 saturated carbocycles. The molecule has 4 aromatic rings. The Hall–Kier alpha value is -4.01. The highest BCUT2D eigenvalue weighted by Crippen LogP contribution is 2.32. The maximum absolute atomic E-state index is 14.0. The quantitative estimate of drug-likeness (QED) is 0.231. The predicted octanol–water partition coefficient (Wildman–Crippen LogP) is 6.55. The fraction of sp³-hybridized carbons (Fsp3) is 0.194. The second-order valence-corrected chi connectivity index (χ2v) is 11.6. The molecule has 0 aliphatic carbocycles. The Balaban J connectivity index is 1.72. The highest BCUT2D eigenvalue weighted by molar-refractivity contribution is 7.92. The first kappa shape index (κ1) is 29.0. The first-order valence-electron chi connectivity index (χ1n) is 12.6. The predicted molar refractivity (Wildman–Crippen MR) is 158 cm³/mol. The zero-order valence-corrected chi connectivity index (χ0v) is 24.3. The molecular formula is C31H31ClN2O5S. The average Bonchev–Trinajstić information content (AvgIpc) is 2.96. The number of para-hydroxylation sites is 1. The number of hydrogen-bond donors (Lipinski definition) is 1. The number of rotatable bonds is 10. The fourth-order valence-electron chi connectivity index (χ4n) is 4.26. The number of carbonyl (C=O) groups excluding carboxylic acids is 1. The van der Waals surface area contributed by atoms with Crippen LogP contribution in [0, 0.1) is 6.92 Å². The molecule has 1 N–H and O–H groups in total. The van der Waals surface area contributed by atoms with Crippen LogP contribution in [0.3, 0.4) is 0 Å². The summed E-state index contributed by atoms with van der Waals surface area (Å²) < 4.78 is 40.0. The summed E-state index contributed by atoms with van der Waals surface area (Å²) in [4.78, 5) is 13.8. The van der Waals surface area contributed by atoms with Gasteiger partial charge in [-0.3, -0.25) is 9.10 Å². The molecule has 1 atom stereocenters. The van der Waals surface area contributed by atoms with Crippen LogP contribution in [0.5, 0.6) is 11.5 Å². The summed E-state index contributed by atoms with van der Waals surface area (Å²) in [6, 6.07) is 25.3. The molecule has 208 valence electrons. The summed E-state index contributed by atoms with van der Waals surface area (Å²) in [7, 11) is -0.940. The van der Waals surface area contributed by atoms with Gasteiger partial charge in [0.1, 0.15) is 0 Å². The van der Waals surface area contributed by atoms with Gasteiger partial charge in [0.15, 0.2) is 11.5 Å². The van der Waals surface area contributed by atoms with Crippen LogP contribution in [0.2, 0.25) is 5.02 Å². The molecule has 0 spiro atoms. The topological polar surface area (TPSA) is 84.9 Å². The van der Waals surface area contributed by atoms with Crippen molar-refractivity contribution in [1.82, 2.24) is 5.32 Å². The van der Waals surface area contributed by atoms with Crippen molar-refractivity contribution in [1.29, 1.82) is 0 Å². The number of ether oxygens (including phenoxy) is 2. The van der Waals surface area contributed by atoms with Gasteiger partial charge in [-0.2, -0.15) is 0 Å². The van der Waals surface area contributed by atoms with Crippen molar-refractivity contribution in [3.05, 3.63) is 118 Å². The summed E-state index contributed by atoms with van der Waals surface area (Å²) in [5, 5.41) is 3.53. The molecule has 1 amide bonds. The number of anilines is 1. The summed E-state index contributed by atoms with van der Waals surface area (Å²) in [6.45, 7) is 3.74. The van der Waals surface area contributed by atoms with E-state index in [9.17, 15) is 13.2 Å². The molecule has 0 aliphatic rings. The summed E-state index contributed by atoms with van der Waals surface area (Å²) in [5.41, 5.74) is 2.93. The molecule has 0 heterocycles. The van der Waals surface area contributed by atoms with E-state index in [2.05, 4.69) is 5.32 Å². The lowest BCUT2D eigenvalue weighted by Gasteiger charge is -2.27. The standard InChI is InChI=1S/C31H31ClN2O5S/c1-21-9-16-26(17-10-21)40(36,37)34(20-23-11-14-25(32)15-12-23)28-8-6-5-7-27(28)31(35)33-22(2)24-13-18-29(38-3)30(19-24)39-4/h5-19,22H,20H2,1-4H3,(H,33,35)/t22-/m1/s1. The molecule has 0 aromatic heterocycles. The number of halogens is 1. The highest BCUT2D eigenvalue weighted by atomic mass is 35.5. The molecular weight excluding hydrogens is 548 g/mol. The highest BCUT2D eigenvalue weighted by Gasteiger charge is 2.29. The number of nitrogens with one attached hydrogen (secondary N) is 1. The van der Waals surface area contributed by atoms with E-state index in [-0.39, 0.29) is 22.7 Å². The average molecular weight is 579 g/mol. The van der Waals surface area contributed by atoms with Gasteiger partial charge >= 0.3 is 0 Å². The van der Waals surface area contributed by atoms with Gasteiger partial charge in [-0.15, -0.1) is 0 Å². The maximum Gasteiger partial charge on any atom is 0.264 e. The summed E-state index contributed by atoms with van der Waals surface area (Å²) >= 11 is 6.07. The third-order valence-corrected chi connectivity index (χ3v) is 8.55. The van der Waals surface area contributed by atoms with Crippen LogP contribution < -0.4 is 19.1 Å². The molecule has 4 rings (SSSR count). The van der Waals surface area contributed by atoms with E-state index in [1.54, 1.807) is 99.1 Å². The Bertz CT molecular complexity index is 1590. The normalized spacial score (nSPS) is 11.9. The van der Waals surface area contributed by atoms with Gasteiger partial charge in [0.25, 0.3) is 15.9 Å². The van der Waals surface area contributed by atoms with Crippen molar-refractivity contribution in [3.63, 3.8) is 0 Å². The first-order valence-corrected chi connectivity index (χ1v) is 14.4. The molecule has 0 bridgehead atoms. The molecule has 9 heteroatoms. The lowest BCUT2D eigenvalue weighted by Crippen LogP contribution is -2.34. The number of nitrogens with zero attached hydrogens (tertiary/aromatic N) is 1. The van der Waals surface area contributed by atoms with Gasteiger partial charge in [-0.05, 0) is 73.5 Å². The summed E-state index contributed by atoms with van der Waals surface area (Å²) in [5.74, 6) is 0.701. The minimum atomic E-state index is -4.04. The zero-order valence-electron chi connectivity index (χ0n) is 22.7. The summed E-state index contributed by atoms with van der Waals surface area (Å²) in [6.07, 6.45) is 0. The van der Waals surface area contributed by atoms with Crippen LogP contribution in [-0.4, -0.2) is 28.5 Å². The smallest absolute Gasteiger partial charge is 0.264 e. The van der Waals surface area contributed by atoms with E-state index in [0.717, 1.165) is 11.1 Å². The first-order chi connectivity index (χ1) is 19.1. The second kappa shape index (κ2) is 12.4. The van der Waals surface area contributed by atoms with Crippen LogP contribution >= 0.6 is 11.6 Å². The van der Waals surface area contributed by atoms with Crippen molar-refractivity contribution >= 4 is 33.2 Å². The number of carbonyl (C=O) groups is 1. The molecule has 0 unspecified atom stereocenters. The Morgan fingerprint density at radius 1 is 0.900 bits per heavy atom. The Kier molecular flexibility index (Phi) is 9.02. The lowest BCUT2D eigenvalue weighted by atomic mass is 10.1. The van der Waals surface area contributed by atoms with E-state index >= 15 is 0 Å². The fourth-order valence-corrected chi connectivity index (χ4v) is 5.85. The van der Waals surface area contributed by atoms with E-state index in [0.29, 0.717) is 22.1 Å².